The van der Waals surface area contributed by atoms with Crippen LogP contribution in [0.25, 0.3) is 0 Å². The first kappa shape index (κ1) is 15.5. The Balaban J connectivity index is 3.10. The van der Waals surface area contributed by atoms with Gasteiger partial charge in [0.25, 0.3) is 0 Å². The predicted molar refractivity (Wildman–Crippen MR) is 76.2 cm³/mol. The molecule has 0 bridgehead atoms. The second-order valence-corrected chi connectivity index (χ2v) is 7.27. The molecule has 3 atom stereocenters. The van der Waals surface area contributed by atoms with Gasteiger partial charge in [-0.05, 0) is 31.6 Å². The lowest BCUT2D eigenvalue weighted by Crippen LogP contribution is -2.50. The van der Waals surface area contributed by atoms with Gasteiger partial charge in [0.1, 0.15) is 0 Å². The molecule has 1 rings (SSSR count). The molecule has 3 heteroatoms. The Labute approximate surface area is 112 Å². The number of rotatable bonds is 3. The molecule has 0 aromatic rings. The van der Waals surface area contributed by atoms with E-state index >= 15 is 0 Å². The number of amides is 1. The fourth-order valence-electron chi connectivity index (χ4n) is 2.44. The van der Waals surface area contributed by atoms with Crippen LogP contribution in [0.1, 0.15) is 61.8 Å². The number of carbonyl (C=O) groups is 1. The highest BCUT2D eigenvalue weighted by Crippen LogP contribution is 2.34. The van der Waals surface area contributed by atoms with Crippen LogP contribution in [0, 0.1) is 11.3 Å². The van der Waals surface area contributed by atoms with E-state index in [0.29, 0.717) is 5.92 Å². The molecule has 1 saturated heterocycles. The fourth-order valence-corrected chi connectivity index (χ4v) is 2.44. The van der Waals surface area contributed by atoms with E-state index in [-0.39, 0.29) is 23.5 Å². The maximum atomic E-state index is 12.7. The van der Waals surface area contributed by atoms with Gasteiger partial charge in [0.2, 0.25) is 5.91 Å². The van der Waals surface area contributed by atoms with Gasteiger partial charge in [-0.25, -0.2) is 0 Å². The van der Waals surface area contributed by atoms with Crippen molar-refractivity contribution in [2.24, 2.45) is 11.3 Å². The number of nitrogens with one attached hydrogen (secondary N) is 1. The average molecular weight is 254 g/mol. The zero-order valence-electron chi connectivity index (χ0n) is 13.3. The smallest absolute Gasteiger partial charge is 0.244 e. The molecule has 1 N–H and O–H groups in total. The van der Waals surface area contributed by atoms with Gasteiger partial charge in [-0.1, -0.05) is 41.5 Å². The van der Waals surface area contributed by atoms with E-state index in [1.165, 1.54) is 0 Å². The van der Waals surface area contributed by atoms with E-state index in [4.69, 9.17) is 0 Å². The molecule has 0 saturated carbocycles. The van der Waals surface area contributed by atoms with Gasteiger partial charge >= 0.3 is 0 Å². The van der Waals surface area contributed by atoms with Crippen LogP contribution < -0.4 is 5.32 Å². The minimum Gasteiger partial charge on any atom is -0.322 e. The van der Waals surface area contributed by atoms with E-state index in [9.17, 15) is 4.79 Å². The molecule has 1 heterocycles. The van der Waals surface area contributed by atoms with E-state index in [0.717, 1.165) is 6.42 Å². The van der Waals surface area contributed by atoms with E-state index in [1.807, 2.05) is 6.92 Å². The van der Waals surface area contributed by atoms with Crippen LogP contribution in [0.5, 0.6) is 0 Å². The lowest BCUT2D eigenvalue weighted by atomic mass is 9.85. The SMILES string of the molecule is CCC1(C)NC(C(C)C)N(C(C)C(C)(C)C)C1=O. The second kappa shape index (κ2) is 4.84. The topological polar surface area (TPSA) is 32.3 Å². The Kier molecular flexibility index (Phi) is 4.16. The number of nitrogens with zero attached hydrogens (tertiary/aromatic N) is 1. The Bertz CT molecular complexity index is 319. The van der Waals surface area contributed by atoms with Crippen LogP contribution in [0.2, 0.25) is 0 Å². The van der Waals surface area contributed by atoms with Gasteiger partial charge in [-0.3, -0.25) is 10.1 Å². The minimum absolute atomic E-state index is 0.101. The van der Waals surface area contributed by atoms with Gasteiger partial charge in [0, 0.05) is 6.04 Å². The molecule has 3 unspecified atom stereocenters. The summed E-state index contributed by atoms with van der Waals surface area (Å²) in [6.45, 7) is 17.2. The van der Waals surface area contributed by atoms with Crippen LogP contribution in [-0.2, 0) is 4.79 Å². The summed E-state index contributed by atoms with van der Waals surface area (Å²) in [6.07, 6.45) is 0.985. The minimum atomic E-state index is -0.394. The van der Waals surface area contributed by atoms with Crippen molar-refractivity contribution in [2.45, 2.75) is 79.6 Å². The van der Waals surface area contributed by atoms with E-state index < -0.39 is 5.54 Å². The highest BCUT2D eigenvalue weighted by Gasteiger charge is 2.50. The van der Waals surface area contributed by atoms with Crippen molar-refractivity contribution >= 4 is 5.91 Å². The molecule has 1 amide bonds. The zero-order valence-corrected chi connectivity index (χ0v) is 13.3. The lowest BCUT2D eigenvalue weighted by Gasteiger charge is -2.40. The van der Waals surface area contributed by atoms with Crippen LogP contribution in [0.15, 0.2) is 0 Å². The average Bonchev–Trinajstić information content (AvgIpc) is 2.51. The van der Waals surface area contributed by atoms with Crippen molar-refractivity contribution in [3.63, 3.8) is 0 Å². The number of hydrogen-bond acceptors (Lipinski definition) is 2. The summed E-state index contributed by atoms with van der Waals surface area (Å²) in [5.41, 5.74) is -0.294. The predicted octanol–water partition coefficient (Wildman–Crippen LogP) is 3.00. The fraction of sp³-hybridized carbons (Fsp3) is 0.933. The molecule has 0 aromatic heterocycles. The molecule has 1 aliphatic heterocycles. The van der Waals surface area contributed by atoms with E-state index in [2.05, 4.69) is 58.7 Å². The molecule has 18 heavy (non-hydrogen) atoms. The van der Waals surface area contributed by atoms with Gasteiger partial charge in [-0.15, -0.1) is 0 Å². The summed E-state index contributed by atoms with van der Waals surface area (Å²) in [5.74, 6) is 0.679. The Hall–Kier alpha value is -0.570. The molecular formula is C15H30N2O. The number of hydrogen-bond donors (Lipinski definition) is 1. The standard InChI is InChI=1S/C15H30N2O/c1-9-15(8)13(18)17(11(4)14(5,6)7)12(16-15)10(2)3/h10-12,16H,9H2,1-8H3. The largest absolute Gasteiger partial charge is 0.322 e. The summed E-state index contributed by atoms with van der Waals surface area (Å²) in [4.78, 5) is 14.8. The first-order valence-electron chi connectivity index (χ1n) is 7.15. The van der Waals surface area contributed by atoms with Gasteiger partial charge < -0.3 is 4.90 Å². The van der Waals surface area contributed by atoms with Gasteiger partial charge in [0.05, 0.1) is 11.7 Å². The van der Waals surface area contributed by atoms with Crippen LogP contribution >= 0.6 is 0 Å². The number of carbonyl (C=O) groups excluding carboxylic acids is 1. The zero-order chi connectivity index (χ0) is 14.3. The normalized spacial score (nSPS) is 31.3. The van der Waals surface area contributed by atoms with Gasteiger partial charge in [-0.2, -0.15) is 0 Å². The maximum absolute atomic E-state index is 12.7. The van der Waals surface area contributed by atoms with Crippen LogP contribution in [0.3, 0.4) is 0 Å². The van der Waals surface area contributed by atoms with Crippen molar-refractivity contribution < 1.29 is 4.79 Å². The van der Waals surface area contributed by atoms with Crippen molar-refractivity contribution in [2.75, 3.05) is 0 Å². The van der Waals surface area contributed by atoms with Crippen molar-refractivity contribution in [1.82, 2.24) is 10.2 Å². The summed E-state index contributed by atoms with van der Waals surface area (Å²) < 4.78 is 0. The molecule has 0 aliphatic carbocycles. The summed E-state index contributed by atoms with van der Waals surface area (Å²) in [5, 5.41) is 3.55. The third-order valence-electron chi connectivity index (χ3n) is 4.48. The molecule has 3 nitrogen and oxygen atoms in total. The van der Waals surface area contributed by atoms with Crippen molar-refractivity contribution in [3.05, 3.63) is 0 Å². The van der Waals surface area contributed by atoms with Crippen LogP contribution in [0.4, 0.5) is 0 Å². The Morgan fingerprint density at radius 2 is 1.83 bits per heavy atom. The molecule has 106 valence electrons. The highest BCUT2D eigenvalue weighted by atomic mass is 16.2. The first-order chi connectivity index (χ1) is 8.04. The van der Waals surface area contributed by atoms with Crippen molar-refractivity contribution in [3.8, 4) is 0 Å². The first-order valence-corrected chi connectivity index (χ1v) is 7.15. The molecule has 1 aliphatic rings. The molecular weight excluding hydrogens is 224 g/mol. The molecule has 1 fully saturated rings. The third-order valence-corrected chi connectivity index (χ3v) is 4.48. The maximum Gasteiger partial charge on any atom is 0.244 e. The Morgan fingerprint density at radius 3 is 2.17 bits per heavy atom. The molecule has 0 spiro atoms. The quantitative estimate of drug-likeness (QED) is 0.839. The monoisotopic (exact) mass is 254 g/mol. The molecule has 0 radical (unpaired) electrons. The highest BCUT2D eigenvalue weighted by molar-refractivity contribution is 5.88. The lowest BCUT2D eigenvalue weighted by molar-refractivity contribution is -0.137. The van der Waals surface area contributed by atoms with E-state index in [1.54, 1.807) is 0 Å². The third kappa shape index (κ3) is 2.56. The summed E-state index contributed by atoms with van der Waals surface area (Å²) in [6, 6.07) is 0.235. The van der Waals surface area contributed by atoms with Crippen molar-refractivity contribution in [1.29, 1.82) is 0 Å². The Morgan fingerprint density at radius 1 is 1.33 bits per heavy atom. The second-order valence-electron chi connectivity index (χ2n) is 7.27. The van der Waals surface area contributed by atoms with Gasteiger partial charge in [0.15, 0.2) is 0 Å². The summed E-state index contributed by atoms with van der Waals surface area (Å²) in [7, 11) is 0. The summed E-state index contributed by atoms with van der Waals surface area (Å²) >= 11 is 0. The molecule has 0 aromatic carbocycles. The van der Waals surface area contributed by atoms with Crippen LogP contribution in [-0.4, -0.2) is 28.6 Å².